The predicted molar refractivity (Wildman–Crippen MR) is 91.3 cm³/mol. The summed E-state index contributed by atoms with van der Waals surface area (Å²) in [5, 5.41) is 0. The topological polar surface area (TPSA) is 70.7 Å². The van der Waals surface area contributed by atoms with Crippen molar-refractivity contribution in [1.29, 1.82) is 0 Å². The van der Waals surface area contributed by atoms with Crippen molar-refractivity contribution in [2.24, 2.45) is 0 Å². The summed E-state index contributed by atoms with van der Waals surface area (Å²) in [6.07, 6.45) is 0. The lowest BCUT2D eigenvalue weighted by Gasteiger charge is -2.17. The smallest absolute Gasteiger partial charge is 0.269 e. The molecule has 6 nitrogen and oxygen atoms in total. The lowest BCUT2D eigenvalue weighted by molar-refractivity contribution is -0.122. The number of ether oxygens (including phenoxy) is 1. The Morgan fingerprint density at radius 3 is 2.48 bits per heavy atom. The fourth-order valence-electron chi connectivity index (χ4n) is 2.25. The van der Waals surface area contributed by atoms with Crippen LogP contribution in [0, 0.1) is 5.82 Å². The minimum absolute atomic E-state index is 0.0444. The third-order valence-electron chi connectivity index (χ3n) is 3.43. The highest BCUT2D eigenvalue weighted by atomic mass is 19.1. The van der Waals surface area contributed by atoms with E-state index in [4.69, 9.17) is 4.74 Å². The van der Waals surface area contributed by atoms with Crippen LogP contribution in [0.4, 0.5) is 4.39 Å². The van der Waals surface area contributed by atoms with Crippen LogP contribution >= 0.6 is 0 Å². The molecule has 0 fully saturated rings. The van der Waals surface area contributed by atoms with Crippen molar-refractivity contribution in [2.45, 2.75) is 6.54 Å². The molecule has 2 amide bonds. The van der Waals surface area contributed by atoms with Gasteiger partial charge in [0, 0.05) is 12.1 Å². The summed E-state index contributed by atoms with van der Waals surface area (Å²) in [6, 6.07) is 13.2. The van der Waals surface area contributed by atoms with Gasteiger partial charge in [0.1, 0.15) is 0 Å². The number of benzene rings is 2. The maximum atomic E-state index is 13.7. The van der Waals surface area contributed by atoms with Crippen LogP contribution in [-0.2, 0) is 11.3 Å². The first-order chi connectivity index (χ1) is 12.0. The quantitative estimate of drug-likeness (QED) is 0.782. The van der Waals surface area contributed by atoms with Crippen molar-refractivity contribution in [3.8, 4) is 5.75 Å². The van der Waals surface area contributed by atoms with Gasteiger partial charge in [-0.3, -0.25) is 25.3 Å². The molecule has 2 N–H and O–H groups in total. The molecular weight excluding hydrogens is 325 g/mol. The number of rotatable bonds is 6. The van der Waals surface area contributed by atoms with Gasteiger partial charge < -0.3 is 4.74 Å². The zero-order valence-electron chi connectivity index (χ0n) is 14.1. The van der Waals surface area contributed by atoms with Gasteiger partial charge in [-0.1, -0.05) is 24.3 Å². The van der Waals surface area contributed by atoms with E-state index in [0.29, 0.717) is 17.7 Å². The molecule has 0 heterocycles. The summed E-state index contributed by atoms with van der Waals surface area (Å²) in [7, 11) is 3.12. The molecule has 0 aliphatic carbocycles. The average Bonchev–Trinajstić information content (AvgIpc) is 2.60. The lowest BCUT2D eigenvalue weighted by Crippen LogP contribution is -2.45. The number of amides is 2. The van der Waals surface area contributed by atoms with Gasteiger partial charge in [-0.2, -0.15) is 0 Å². The second-order valence-corrected chi connectivity index (χ2v) is 5.51. The number of likely N-dealkylation sites (N-methyl/N-ethyl adjacent to an activating group) is 1. The lowest BCUT2D eigenvalue weighted by atomic mass is 10.2. The van der Waals surface area contributed by atoms with Crippen LogP contribution in [0.3, 0.4) is 0 Å². The number of hydrogen-bond donors (Lipinski definition) is 2. The molecule has 25 heavy (non-hydrogen) atoms. The second-order valence-electron chi connectivity index (χ2n) is 5.51. The number of nitrogens with zero attached hydrogens (tertiary/aromatic N) is 1. The molecular formula is C18H20FN3O3. The van der Waals surface area contributed by atoms with Crippen LogP contribution in [0.15, 0.2) is 48.5 Å². The van der Waals surface area contributed by atoms with E-state index < -0.39 is 11.7 Å². The Kier molecular flexibility index (Phi) is 6.47. The van der Waals surface area contributed by atoms with E-state index in [2.05, 4.69) is 10.9 Å². The third-order valence-corrected chi connectivity index (χ3v) is 3.43. The number of carbonyl (C=O) groups is 2. The number of hydrogen-bond acceptors (Lipinski definition) is 4. The van der Waals surface area contributed by atoms with Crippen LogP contribution in [0.5, 0.6) is 5.75 Å². The zero-order chi connectivity index (χ0) is 18.2. The molecule has 7 heteroatoms. The molecule has 0 unspecified atom stereocenters. The Hall–Kier alpha value is -2.93. The first-order valence-electron chi connectivity index (χ1n) is 7.65. The summed E-state index contributed by atoms with van der Waals surface area (Å²) in [5.74, 6) is -1.05. The molecule has 0 saturated heterocycles. The third kappa shape index (κ3) is 5.58. The number of nitrogens with one attached hydrogen (secondary N) is 2. The molecule has 2 aromatic carbocycles. The molecule has 0 spiro atoms. The molecule has 132 valence electrons. The Morgan fingerprint density at radius 1 is 1.12 bits per heavy atom. The number of carbonyl (C=O) groups excluding carboxylic acids is 2. The maximum Gasteiger partial charge on any atom is 0.269 e. The van der Waals surface area contributed by atoms with Crippen molar-refractivity contribution in [3.05, 3.63) is 65.5 Å². The Morgan fingerprint density at radius 2 is 1.84 bits per heavy atom. The maximum absolute atomic E-state index is 13.7. The first kappa shape index (κ1) is 18.4. The van der Waals surface area contributed by atoms with E-state index in [0.717, 1.165) is 0 Å². The minimum Gasteiger partial charge on any atom is -0.494 e. The first-order valence-corrected chi connectivity index (χ1v) is 7.65. The van der Waals surface area contributed by atoms with E-state index >= 15 is 0 Å². The minimum atomic E-state index is -0.451. The summed E-state index contributed by atoms with van der Waals surface area (Å²) < 4.78 is 18.5. The monoisotopic (exact) mass is 345 g/mol. The second kappa shape index (κ2) is 8.79. The van der Waals surface area contributed by atoms with Crippen molar-refractivity contribution in [2.75, 3.05) is 20.7 Å². The van der Waals surface area contributed by atoms with Crippen molar-refractivity contribution >= 4 is 11.8 Å². The zero-order valence-corrected chi connectivity index (χ0v) is 14.1. The summed E-state index contributed by atoms with van der Waals surface area (Å²) in [4.78, 5) is 25.4. The highest BCUT2D eigenvalue weighted by molar-refractivity contribution is 5.95. The fourth-order valence-corrected chi connectivity index (χ4v) is 2.25. The van der Waals surface area contributed by atoms with Crippen molar-refractivity contribution in [1.82, 2.24) is 15.8 Å². The standard InChI is InChI=1S/C18H20FN3O3/c1-22(11-13-8-9-16(25-2)15(19)10-13)12-17(23)20-21-18(24)14-6-4-3-5-7-14/h3-10H,11-12H2,1-2H3,(H,20,23)(H,21,24). The molecule has 2 rings (SSSR count). The van der Waals surface area contributed by atoms with Crippen molar-refractivity contribution < 1.29 is 18.7 Å². The number of halogens is 1. The average molecular weight is 345 g/mol. The highest BCUT2D eigenvalue weighted by Gasteiger charge is 2.11. The number of methoxy groups -OCH3 is 1. The normalized spacial score (nSPS) is 10.4. The fraction of sp³-hybridized carbons (Fsp3) is 0.222. The Bertz CT molecular complexity index is 738. The van der Waals surface area contributed by atoms with Gasteiger partial charge in [0.05, 0.1) is 13.7 Å². The predicted octanol–water partition coefficient (Wildman–Crippen LogP) is 1.73. The highest BCUT2D eigenvalue weighted by Crippen LogP contribution is 2.18. The van der Waals surface area contributed by atoms with Crippen molar-refractivity contribution in [3.63, 3.8) is 0 Å². The molecule has 0 bridgehead atoms. The van der Waals surface area contributed by atoms with Crippen LogP contribution in [-0.4, -0.2) is 37.4 Å². The SMILES string of the molecule is COc1ccc(CN(C)CC(=O)NNC(=O)c2ccccc2)cc1F. The van der Waals surface area contributed by atoms with Gasteiger partial charge in [-0.25, -0.2) is 4.39 Å². The van der Waals surface area contributed by atoms with Gasteiger partial charge in [-0.05, 0) is 36.9 Å². The van der Waals surface area contributed by atoms with E-state index in [1.165, 1.54) is 13.2 Å². The molecule has 0 aromatic heterocycles. The summed E-state index contributed by atoms with van der Waals surface area (Å²) in [5.41, 5.74) is 5.86. The van der Waals surface area contributed by atoms with E-state index in [1.54, 1.807) is 54.4 Å². The van der Waals surface area contributed by atoms with Gasteiger partial charge in [0.15, 0.2) is 11.6 Å². The molecule has 0 atom stereocenters. The molecule has 0 aliphatic rings. The summed E-state index contributed by atoms with van der Waals surface area (Å²) in [6.45, 7) is 0.420. The molecule has 0 saturated carbocycles. The van der Waals surface area contributed by atoms with Gasteiger partial charge in [-0.15, -0.1) is 0 Å². The van der Waals surface area contributed by atoms with Gasteiger partial charge in [0.2, 0.25) is 0 Å². The van der Waals surface area contributed by atoms with Gasteiger partial charge in [0.25, 0.3) is 11.8 Å². The van der Waals surface area contributed by atoms with Crippen LogP contribution < -0.4 is 15.6 Å². The number of hydrazine groups is 1. The molecule has 0 aliphatic heterocycles. The van der Waals surface area contributed by atoms with E-state index in [-0.39, 0.29) is 18.2 Å². The van der Waals surface area contributed by atoms with Gasteiger partial charge >= 0.3 is 0 Å². The van der Waals surface area contributed by atoms with E-state index in [1.807, 2.05) is 0 Å². The summed E-state index contributed by atoms with van der Waals surface area (Å²) >= 11 is 0. The Balaban J connectivity index is 1.80. The Labute approximate surface area is 145 Å². The largest absolute Gasteiger partial charge is 0.494 e. The van der Waals surface area contributed by atoms with E-state index in [9.17, 15) is 14.0 Å². The molecule has 2 aromatic rings. The van der Waals surface area contributed by atoms with Crippen LogP contribution in [0.25, 0.3) is 0 Å². The van der Waals surface area contributed by atoms with Crippen LogP contribution in [0.1, 0.15) is 15.9 Å². The van der Waals surface area contributed by atoms with Crippen LogP contribution in [0.2, 0.25) is 0 Å². The molecule has 0 radical (unpaired) electrons.